The average molecular weight is 192 g/mol. The maximum Gasteiger partial charge on any atom is 0.313 e. The smallest absolute Gasteiger partial charge is 0.313 e. The Hall–Kier alpha value is -1.31. The van der Waals surface area contributed by atoms with Gasteiger partial charge in [0, 0.05) is 0 Å². The summed E-state index contributed by atoms with van der Waals surface area (Å²) in [7, 11) is 1.43. The molecular formula is C12H16O2. The predicted octanol–water partition coefficient (Wildman–Crippen LogP) is 2.66. The highest BCUT2D eigenvalue weighted by molar-refractivity contribution is 5.77. The van der Waals surface area contributed by atoms with E-state index in [9.17, 15) is 4.79 Å². The first kappa shape index (κ1) is 10.8. The number of ether oxygens (including phenoxy) is 1. The van der Waals surface area contributed by atoms with Crippen molar-refractivity contribution in [2.45, 2.75) is 26.2 Å². The second-order valence-electron chi connectivity index (χ2n) is 3.39. The summed E-state index contributed by atoms with van der Waals surface area (Å²) in [5.41, 5.74) is 2.23. The van der Waals surface area contributed by atoms with Crippen LogP contribution in [0.15, 0.2) is 24.3 Å². The van der Waals surface area contributed by atoms with Crippen molar-refractivity contribution in [1.29, 1.82) is 0 Å². The van der Waals surface area contributed by atoms with Crippen LogP contribution in [0.2, 0.25) is 0 Å². The molecule has 1 aromatic rings. The third-order valence-corrected chi connectivity index (χ3v) is 2.37. The fraction of sp³-hybridized carbons (Fsp3) is 0.417. The Balaban J connectivity index is 2.89. The summed E-state index contributed by atoms with van der Waals surface area (Å²) in [5.74, 6) is -0.281. The number of hydrogen-bond acceptors (Lipinski definition) is 2. The normalized spacial score (nSPS) is 12.2. The van der Waals surface area contributed by atoms with Gasteiger partial charge in [-0.2, -0.15) is 0 Å². The van der Waals surface area contributed by atoms with Crippen LogP contribution in [-0.2, 0) is 9.53 Å². The zero-order chi connectivity index (χ0) is 10.6. The summed E-state index contributed by atoms with van der Waals surface area (Å²) >= 11 is 0. The minimum Gasteiger partial charge on any atom is -0.469 e. The summed E-state index contributed by atoms with van der Waals surface area (Å²) in [6, 6.07) is 8.00. The maximum atomic E-state index is 11.4. The molecule has 0 aliphatic rings. The summed E-state index contributed by atoms with van der Waals surface area (Å²) in [6.45, 7) is 4.02. The van der Waals surface area contributed by atoms with E-state index < -0.39 is 0 Å². The van der Waals surface area contributed by atoms with E-state index in [1.165, 1.54) is 12.7 Å². The Morgan fingerprint density at radius 2 is 1.93 bits per heavy atom. The van der Waals surface area contributed by atoms with Crippen LogP contribution in [0.1, 0.15) is 30.4 Å². The summed E-state index contributed by atoms with van der Waals surface area (Å²) in [5, 5.41) is 0. The van der Waals surface area contributed by atoms with E-state index in [-0.39, 0.29) is 11.9 Å². The fourth-order valence-electron chi connectivity index (χ4n) is 1.48. The van der Waals surface area contributed by atoms with Crippen molar-refractivity contribution >= 4 is 5.97 Å². The topological polar surface area (TPSA) is 26.3 Å². The zero-order valence-electron chi connectivity index (χ0n) is 8.91. The number of esters is 1. The molecule has 0 radical (unpaired) electrons. The third kappa shape index (κ3) is 2.34. The van der Waals surface area contributed by atoms with E-state index in [1.54, 1.807) is 0 Å². The van der Waals surface area contributed by atoms with Gasteiger partial charge in [-0.1, -0.05) is 36.8 Å². The van der Waals surface area contributed by atoms with E-state index in [0.29, 0.717) is 0 Å². The number of methoxy groups -OCH3 is 1. The van der Waals surface area contributed by atoms with Crippen LogP contribution in [0, 0.1) is 6.92 Å². The molecule has 0 saturated heterocycles. The highest BCUT2D eigenvalue weighted by Crippen LogP contribution is 2.21. The van der Waals surface area contributed by atoms with Crippen LogP contribution in [0.25, 0.3) is 0 Å². The van der Waals surface area contributed by atoms with Gasteiger partial charge < -0.3 is 4.74 Å². The molecule has 76 valence electrons. The van der Waals surface area contributed by atoms with E-state index >= 15 is 0 Å². The van der Waals surface area contributed by atoms with Gasteiger partial charge in [0.15, 0.2) is 0 Å². The molecule has 14 heavy (non-hydrogen) atoms. The van der Waals surface area contributed by atoms with Gasteiger partial charge >= 0.3 is 5.97 Å². The molecule has 0 aromatic heterocycles. The Labute approximate surface area is 84.9 Å². The summed E-state index contributed by atoms with van der Waals surface area (Å²) in [6.07, 6.45) is 0.774. The van der Waals surface area contributed by atoms with Gasteiger partial charge in [0.1, 0.15) is 0 Å². The Bertz CT molecular complexity index is 301. The van der Waals surface area contributed by atoms with E-state index in [0.717, 1.165) is 12.0 Å². The van der Waals surface area contributed by atoms with Gasteiger partial charge in [-0.3, -0.25) is 4.79 Å². The molecule has 1 atom stereocenters. The maximum absolute atomic E-state index is 11.4. The van der Waals surface area contributed by atoms with Crippen molar-refractivity contribution in [2.24, 2.45) is 0 Å². The lowest BCUT2D eigenvalue weighted by Crippen LogP contribution is -2.13. The first-order valence-electron chi connectivity index (χ1n) is 4.83. The molecule has 0 amide bonds. The van der Waals surface area contributed by atoms with Crippen molar-refractivity contribution < 1.29 is 9.53 Å². The number of carbonyl (C=O) groups excluding carboxylic acids is 1. The van der Waals surface area contributed by atoms with Gasteiger partial charge in [-0.25, -0.2) is 0 Å². The average Bonchev–Trinajstić information content (AvgIpc) is 2.21. The van der Waals surface area contributed by atoms with Gasteiger partial charge in [0.25, 0.3) is 0 Å². The largest absolute Gasteiger partial charge is 0.469 e. The third-order valence-electron chi connectivity index (χ3n) is 2.37. The molecule has 1 unspecified atom stereocenters. The molecule has 0 fully saturated rings. The van der Waals surface area contributed by atoms with E-state index in [1.807, 2.05) is 38.1 Å². The Morgan fingerprint density at radius 3 is 2.36 bits per heavy atom. The van der Waals surface area contributed by atoms with Gasteiger partial charge in [-0.05, 0) is 18.9 Å². The molecule has 1 rings (SSSR count). The molecule has 2 nitrogen and oxygen atoms in total. The van der Waals surface area contributed by atoms with Crippen molar-refractivity contribution in [3.8, 4) is 0 Å². The molecular weight excluding hydrogens is 176 g/mol. The minimum absolute atomic E-state index is 0.124. The SMILES string of the molecule is CCC(C(=O)OC)c1ccc(C)cc1. The predicted molar refractivity (Wildman–Crippen MR) is 56.2 cm³/mol. The Kier molecular flexibility index (Phi) is 3.69. The van der Waals surface area contributed by atoms with Gasteiger partial charge in [-0.15, -0.1) is 0 Å². The van der Waals surface area contributed by atoms with Gasteiger partial charge in [0.2, 0.25) is 0 Å². The Morgan fingerprint density at radius 1 is 1.36 bits per heavy atom. The van der Waals surface area contributed by atoms with Crippen molar-refractivity contribution in [3.05, 3.63) is 35.4 Å². The zero-order valence-corrected chi connectivity index (χ0v) is 8.91. The highest BCUT2D eigenvalue weighted by atomic mass is 16.5. The molecule has 0 N–H and O–H groups in total. The lowest BCUT2D eigenvalue weighted by molar-refractivity contribution is -0.142. The van der Waals surface area contributed by atoms with Crippen molar-refractivity contribution in [3.63, 3.8) is 0 Å². The molecule has 0 saturated carbocycles. The van der Waals surface area contributed by atoms with Crippen LogP contribution in [0.3, 0.4) is 0 Å². The van der Waals surface area contributed by atoms with E-state index in [4.69, 9.17) is 4.74 Å². The fourth-order valence-corrected chi connectivity index (χ4v) is 1.48. The number of carbonyl (C=O) groups is 1. The molecule has 1 aromatic carbocycles. The quantitative estimate of drug-likeness (QED) is 0.688. The first-order chi connectivity index (χ1) is 6.69. The summed E-state index contributed by atoms with van der Waals surface area (Å²) < 4.78 is 4.75. The van der Waals surface area contributed by atoms with Crippen LogP contribution in [-0.4, -0.2) is 13.1 Å². The first-order valence-corrected chi connectivity index (χ1v) is 4.83. The number of hydrogen-bond donors (Lipinski definition) is 0. The van der Waals surface area contributed by atoms with Crippen molar-refractivity contribution in [1.82, 2.24) is 0 Å². The number of benzene rings is 1. The number of aryl methyl sites for hydroxylation is 1. The second-order valence-corrected chi connectivity index (χ2v) is 3.39. The van der Waals surface area contributed by atoms with Crippen molar-refractivity contribution in [2.75, 3.05) is 7.11 Å². The standard InChI is InChI=1S/C12H16O2/c1-4-11(12(13)14-3)10-7-5-9(2)6-8-10/h5-8,11H,4H2,1-3H3. The highest BCUT2D eigenvalue weighted by Gasteiger charge is 2.18. The summed E-state index contributed by atoms with van der Waals surface area (Å²) in [4.78, 5) is 11.4. The van der Waals surface area contributed by atoms with Crippen LogP contribution in [0.4, 0.5) is 0 Å². The minimum atomic E-state index is -0.156. The molecule has 0 heterocycles. The lowest BCUT2D eigenvalue weighted by atomic mass is 9.96. The molecule has 0 aliphatic heterocycles. The van der Waals surface area contributed by atoms with Crippen LogP contribution >= 0.6 is 0 Å². The molecule has 0 spiro atoms. The van der Waals surface area contributed by atoms with Crippen LogP contribution < -0.4 is 0 Å². The number of rotatable bonds is 3. The molecule has 2 heteroatoms. The van der Waals surface area contributed by atoms with E-state index in [2.05, 4.69) is 0 Å². The van der Waals surface area contributed by atoms with Crippen LogP contribution in [0.5, 0.6) is 0 Å². The van der Waals surface area contributed by atoms with Gasteiger partial charge in [0.05, 0.1) is 13.0 Å². The molecule has 0 aliphatic carbocycles. The molecule has 0 bridgehead atoms. The monoisotopic (exact) mass is 192 g/mol. The lowest BCUT2D eigenvalue weighted by Gasteiger charge is -2.12. The second kappa shape index (κ2) is 4.80.